The maximum atomic E-state index is 6.20. The normalized spacial score (nSPS) is 10.6. The Kier molecular flexibility index (Phi) is 8.27. The molecule has 0 heterocycles. The Morgan fingerprint density at radius 2 is 1.68 bits per heavy atom. The highest BCUT2D eigenvalue weighted by Crippen LogP contribution is 2.35. The highest BCUT2D eigenvalue weighted by Gasteiger charge is 2.14. The van der Waals surface area contributed by atoms with Gasteiger partial charge in [-0.3, -0.25) is 0 Å². The van der Waals surface area contributed by atoms with Gasteiger partial charge in [-0.1, -0.05) is 47.5 Å². The van der Waals surface area contributed by atoms with Crippen molar-refractivity contribution in [1.29, 1.82) is 0 Å². The first kappa shape index (κ1) is 23.1. The summed E-state index contributed by atoms with van der Waals surface area (Å²) in [6.45, 7) is 9.55. The predicted molar refractivity (Wildman–Crippen MR) is 131 cm³/mol. The van der Waals surface area contributed by atoms with Gasteiger partial charge >= 0.3 is 0 Å². The molecule has 31 heavy (non-hydrogen) atoms. The first-order chi connectivity index (χ1) is 15.0. The van der Waals surface area contributed by atoms with Crippen molar-refractivity contribution in [1.82, 2.24) is 0 Å². The number of anilines is 1. The second-order valence-corrected chi connectivity index (χ2v) is 8.11. The maximum Gasteiger partial charge on any atom is 0.165 e. The van der Waals surface area contributed by atoms with Crippen molar-refractivity contribution in [3.63, 3.8) is 0 Å². The van der Waals surface area contributed by atoms with Crippen LogP contribution < -0.4 is 14.8 Å². The molecule has 3 aromatic rings. The van der Waals surface area contributed by atoms with E-state index >= 15 is 0 Å². The molecular formula is C26H27Cl2NO2. The number of allylic oxidation sites excluding steroid dienone is 1. The van der Waals surface area contributed by atoms with Gasteiger partial charge in [0.2, 0.25) is 0 Å². The lowest BCUT2D eigenvalue weighted by Gasteiger charge is -2.18. The molecular weight excluding hydrogens is 429 g/mol. The number of halogens is 2. The molecule has 3 nitrogen and oxygen atoms in total. The summed E-state index contributed by atoms with van der Waals surface area (Å²) in [7, 11) is 0. The van der Waals surface area contributed by atoms with Crippen molar-refractivity contribution in [2.24, 2.45) is 0 Å². The van der Waals surface area contributed by atoms with Crippen LogP contribution >= 0.6 is 23.2 Å². The molecule has 1 N–H and O–H groups in total. The van der Waals surface area contributed by atoms with Crippen molar-refractivity contribution in [2.45, 2.75) is 33.4 Å². The van der Waals surface area contributed by atoms with Gasteiger partial charge in [-0.15, -0.1) is 6.58 Å². The van der Waals surface area contributed by atoms with Gasteiger partial charge in [0.25, 0.3) is 0 Å². The number of ether oxygens (including phenoxy) is 2. The van der Waals surface area contributed by atoms with E-state index in [1.807, 2.05) is 61.5 Å². The van der Waals surface area contributed by atoms with E-state index in [0.717, 1.165) is 39.4 Å². The first-order valence-electron chi connectivity index (χ1n) is 10.3. The molecule has 0 aliphatic rings. The third kappa shape index (κ3) is 6.43. The number of hydrogen-bond acceptors (Lipinski definition) is 3. The van der Waals surface area contributed by atoms with Gasteiger partial charge in [0.15, 0.2) is 11.5 Å². The molecule has 0 amide bonds. The van der Waals surface area contributed by atoms with Gasteiger partial charge in [0, 0.05) is 27.8 Å². The molecule has 0 atom stereocenters. The molecule has 3 rings (SSSR count). The Bertz CT molecular complexity index is 1030. The van der Waals surface area contributed by atoms with Gasteiger partial charge in [0.05, 0.1) is 6.61 Å². The van der Waals surface area contributed by atoms with Gasteiger partial charge in [-0.05, 0) is 73.4 Å². The first-order valence-corrected chi connectivity index (χ1v) is 11.0. The predicted octanol–water partition coefficient (Wildman–Crippen LogP) is 7.62. The Morgan fingerprint density at radius 1 is 0.935 bits per heavy atom. The van der Waals surface area contributed by atoms with Crippen molar-refractivity contribution >= 4 is 28.9 Å². The number of hydrogen-bond donors (Lipinski definition) is 1. The Hall–Kier alpha value is -2.62. The molecule has 5 heteroatoms. The summed E-state index contributed by atoms with van der Waals surface area (Å²) in [5, 5.41) is 4.89. The molecule has 0 radical (unpaired) electrons. The number of rotatable bonds is 10. The zero-order chi connectivity index (χ0) is 22.2. The SMILES string of the molecule is C=CCc1cc(CNc2cc(Cl)ccc2C)cc(OCC)c1OCc1ccc(Cl)cc1. The van der Waals surface area contributed by atoms with E-state index in [-0.39, 0.29) is 0 Å². The van der Waals surface area contributed by atoms with E-state index in [9.17, 15) is 0 Å². The van der Waals surface area contributed by atoms with Crippen LogP contribution in [-0.2, 0) is 19.6 Å². The third-order valence-electron chi connectivity index (χ3n) is 4.83. The van der Waals surface area contributed by atoms with Crippen LogP contribution in [0, 0.1) is 6.92 Å². The summed E-state index contributed by atoms with van der Waals surface area (Å²) in [6, 6.07) is 17.6. The van der Waals surface area contributed by atoms with Crippen LogP contribution in [-0.4, -0.2) is 6.61 Å². The van der Waals surface area contributed by atoms with Crippen LogP contribution in [0.25, 0.3) is 0 Å². The van der Waals surface area contributed by atoms with Crippen molar-refractivity contribution < 1.29 is 9.47 Å². The van der Waals surface area contributed by atoms with E-state index in [0.29, 0.717) is 36.2 Å². The van der Waals surface area contributed by atoms with Crippen molar-refractivity contribution in [2.75, 3.05) is 11.9 Å². The minimum Gasteiger partial charge on any atom is -0.490 e. The molecule has 0 unspecified atom stereocenters. The molecule has 0 bridgehead atoms. The lowest BCUT2D eigenvalue weighted by molar-refractivity contribution is 0.267. The average molecular weight is 456 g/mol. The zero-order valence-corrected chi connectivity index (χ0v) is 19.4. The average Bonchev–Trinajstić information content (AvgIpc) is 2.75. The van der Waals surface area contributed by atoms with Gasteiger partial charge in [-0.25, -0.2) is 0 Å². The molecule has 0 fully saturated rings. The van der Waals surface area contributed by atoms with Crippen LogP contribution in [0.4, 0.5) is 5.69 Å². The monoisotopic (exact) mass is 455 g/mol. The standard InChI is InChI=1S/C26H27Cl2NO2/c1-4-6-21-13-20(16-29-24-15-23(28)10-7-18(24)3)14-25(30-5-2)26(21)31-17-19-8-11-22(27)12-9-19/h4,7-15,29H,1,5-6,16-17H2,2-3H3. The highest BCUT2D eigenvalue weighted by molar-refractivity contribution is 6.31. The van der Waals surface area contributed by atoms with Gasteiger partial charge in [0.1, 0.15) is 6.61 Å². The lowest BCUT2D eigenvalue weighted by Crippen LogP contribution is -2.06. The molecule has 0 aliphatic carbocycles. The molecule has 0 saturated heterocycles. The minimum absolute atomic E-state index is 0.431. The van der Waals surface area contributed by atoms with E-state index in [1.54, 1.807) is 0 Å². The summed E-state index contributed by atoms with van der Waals surface area (Å²) in [6.07, 6.45) is 2.55. The van der Waals surface area contributed by atoms with E-state index in [4.69, 9.17) is 32.7 Å². The summed E-state index contributed by atoms with van der Waals surface area (Å²) >= 11 is 12.1. The minimum atomic E-state index is 0.431. The Morgan fingerprint density at radius 3 is 2.39 bits per heavy atom. The fraction of sp³-hybridized carbons (Fsp3) is 0.231. The lowest BCUT2D eigenvalue weighted by atomic mass is 10.0. The highest BCUT2D eigenvalue weighted by atomic mass is 35.5. The smallest absolute Gasteiger partial charge is 0.165 e. The quantitative estimate of drug-likeness (QED) is 0.318. The van der Waals surface area contributed by atoms with E-state index in [2.05, 4.69) is 24.9 Å². The second kappa shape index (κ2) is 11.1. The number of aryl methyl sites for hydroxylation is 1. The van der Waals surface area contributed by atoms with E-state index in [1.165, 1.54) is 0 Å². The second-order valence-electron chi connectivity index (χ2n) is 7.24. The van der Waals surface area contributed by atoms with Crippen LogP contribution in [0.1, 0.15) is 29.2 Å². The summed E-state index contributed by atoms with van der Waals surface area (Å²) in [5.74, 6) is 1.48. The molecule has 0 aromatic heterocycles. The van der Waals surface area contributed by atoms with Crippen molar-refractivity contribution in [3.8, 4) is 11.5 Å². The summed E-state index contributed by atoms with van der Waals surface area (Å²) in [5.41, 5.74) is 5.33. The summed E-state index contributed by atoms with van der Waals surface area (Å²) < 4.78 is 12.1. The Balaban J connectivity index is 1.85. The molecule has 162 valence electrons. The molecule has 3 aromatic carbocycles. The fourth-order valence-electron chi connectivity index (χ4n) is 3.28. The van der Waals surface area contributed by atoms with Crippen LogP contribution in [0.3, 0.4) is 0 Å². The van der Waals surface area contributed by atoms with Gasteiger partial charge in [-0.2, -0.15) is 0 Å². The maximum absolute atomic E-state index is 6.20. The number of benzene rings is 3. The molecule has 0 saturated carbocycles. The van der Waals surface area contributed by atoms with Crippen LogP contribution in [0.15, 0.2) is 67.3 Å². The number of nitrogens with one attached hydrogen (secondary N) is 1. The third-order valence-corrected chi connectivity index (χ3v) is 5.32. The molecule has 0 aliphatic heterocycles. The van der Waals surface area contributed by atoms with Crippen LogP contribution in [0.2, 0.25) is 10.0 Å². The zero-order valence-electron chi connectivity index (χ0n) is 17.9. The fourth-order valence-corrected chi connectivity index (χ4v) is 3.58. The Labute approximate surface area is 194 Å². The van der Waals surface area contributed by atoms with Gasteiger partial charge < -0.3 is 14.8 Å². The van der Waals surface area contributed by atoms with Crippen molar-refractivity contribution in [3.05, 3.63) is 99.6 Å². The van der Waals surface area contributed by atoms with E-state index < -0.39 is 0 Å². The summed E-state index contributed by atoms with van der Waals surface area (Å²) in [4.78, 5) is 0. The molecule has 0 spiro atoms. The topological polar surface area (TPSA) is 30.5 Å². The largest absolute Gasteiger partial charge is 0.490 e. The van der Waals surface area contributed by atoms with Crippen LogP contribution in [0.5, 0.6) is 11.5 Å².